The van der Waals surface area contributed by atoms with Crippen LogP contribution >= 0.6 is 0 Å². The molecule has 3 rings (SSSR count). The van der Waals surface area contributed by atoms with Crippen LogP contribution < -0.4 is 16.4 Å². The van der Waals surface area contributed by atoms with E-state index >= 15 is 0 Å². The van der Waals surface area contributed by atoms with Crippen LogP contribution in [-0.4, -0.2) is 35.5 Å². The standard InChI is InChI=1S/C26H33N5O/c1-26(2,3)22(14-15-27)25(32)29-17-16-28-20-11-8-19(9-12-20)10-13-21-18-30-23-6-4-5-7-24(23)31-21/h4-13,18,22,28H,14-17,27H2,1-3H3,(H,29,32)/b13-10+. The number of amides is 1. The first kappa shape index (κ1) is 23.4. The van der Waals surface area contributed by atoms with Gasteiger partial charge in [0, 0.05) is 24.7 Å². The van der Waals surface area contributed by atoms with Gasteiger partial charge in [0.25, 0.3) is 0 Å². The summed E-state index contributed by atoms with van der Waals surface area (Å²) in [5.41, 5.74) is 10.3. The number of nitrogens with two attached hydrogens (primary N) is 1. The van der Waals surface area contributed by atoms with Crippen LogP contribution in [0.4, 0.5) is 5.69 Å². The highest BCUT2D eigenvalue weighted by molar-refractivity contribution is 5.79. The van der Waals surface area contributed by atoms with E-state index in [1.54, 1.807) is 6.20 Å². The Bertz CT molecular complexity index is 1050. The second-order valence-corrected chi connectivity index (χ2v) is 8.95. The van der Waals surface area contributed by atoms with Crippen molar-refractivity contribution in [2.75, 3.05) is 25.0 Å². The van der Waals surface area contributed by atoms with E-state index < -0.39 is 0 Å². The van der Waals surface area contributed by atoms with Crippen molar-refractivity contribution < 1.29 is 4.79 Å². The van der Waals surface area contributed by atoms with Crippen molar-refractivity contribution in [3.63, 3.8) is 0 Å². The molecule has 0 saturated heterocycles. The summed E-state index contributed by atoms with van der Waals surface area (Å²) in [6, 6.07) is 16.0. The summed E-state index contributed by atoms with van der Waals surface area (Å²) in [7, 11) is 0. The molecular formula is C26H33N5O. The zero-order valence-corrected chi connectivity index (χ0v) is 19.1. The van der Waals surface area contributed by atoms with Gasteiger partial charge in [0.1, 0.15) is 0 Å². The fourth-order valence-corrected chi connectivity index (χ4v) is 3.59. The lowest BCUT2D eigenvalue weighted by atomic mass is 9.78. The predicted molar refractivity (Wildman–Crippen MR) is 133 cm³/mol. The summed E-state index contributed by atoms with van der Waals surface area (Å²) in [4.78, 5) is 21.5. The number of carbonyl (C=O) groups excluding carboxylic acids is 1. The molecule has 0 fully saturated rings. The molecule has 6 heteroatoms. The molecule has 0 radical (unpaired) electrons. The second kappa shape index (κ2) is 10.9. The molecule has 6 nitrogen and oxygen atoms in total. The number of hydrogen-bond acceptors (Lipinski definition) is 5. The van der Waals surface area contributed by atoms with E-state index in [0.717, 1.165) is 28.0 Å². The van der Waals surface area contributed by atoms with Crippen LogP contribution in [0.25, 0.3) is 23.2 Å². The smallest absolute Gasteiger partial charge is 0.223 e. The Labute approximate surface area is 190 Å². The second-order valence-electron chi connectivity index (χ2n) is 8.95. The number of rotatable bonds is 9. The van der Waals surface area contributed by atoms with Crippen LogP contribution in [-0.2, 0) is 4.79 Å². The zero-order valence-electron chi connectivity index (χ0n) is 19.1. The van der Waals surface area contributed by atoms with Crippen LogP contribution in [0.3, 0.4) is 0 Å². The van der Waals surface area contributed by atoms with Gasteiger partial charge in [-0.05, 0) is 54.3 Å². The zero-order chi connectivity index (χ0) is 23.0. The van der Waals surface area contributed by atoms with Crippen molar-refractivity contribution in [2.24, 2.45) is 17.1 Å². The maximum absolute atomic E-state index is 12.5. The third kappa shape index (κ3) is 6.62. The van der Waals surface area contributed by atoms with E-state index in [1.807, 2.05) is 60.7 Å². The number of para-hydroxylation sites is 2. The first-order valence-corrected chi connectivity index (χ1v) is 11.1. The van der Waals surface area contributed by atoms with Crippen molar-refractivity contribution >= 4 is 34.8 Å². The largest absolute Gasteiger partial charge is 0.383 e. The summed E-state index contributed by atoms with van der Waals surface area (Å²) in [6.45, 7) is 7.97. The molecule has 1 aromatic heterocycles. The number of anilines is 1. The molecule has 1 amide bonds. The van der Waals surface area contributed by atoms with Gasteiger partial charge >= 0.3 is 0 Å². The average Bonchev–Trinajstić information content (AvgIpc) is 2.78. The summed E-state index contributed by atoms with van der Waals surface area (Å²) >= 11 is 0. The van der Waals surface area contributed by atoms with Crippen LogP contribution in [0.15, 0.2) is 54.7 Å². The van der Waals surface area contributed by atoms with Crippen molar-refractivity contribution in [3.05, 3.63) is 66.0 Å². The molecule has 0 bridgehead atoms. The minimum atomic E-state index is -0.0986. The van der Waals surface area contributed by atoms with E-state index in [0.29, 0.717) is 26.1 Å². The first-order valence-electron chi connectivity index (χ1n) is 11.1. The number of carbonyl (C=O) groups is 1. The van der Waals surface area contributed by atoms with Crippen LogP contribution in [0.2, 0.25) is 0 Å². The van der Waals surface area contributed by atoms with Gasteiger partial charge in [-0.15, -0.1) is 0 Å². The van der Waals surface area contributed by atoms with Gasteiger partial charge in [-0.2, -0.15) is 0 Å². The van der Waals surface area contributed by atoms with E-state index in [9.17, 15) is 4.79 Å². The predicted octanol–water partition coefficient (Wildman–Crippen LogP) is 4.34. The molecule has 0 saturated carbocycles. The van der Waals surface area contributed by atoms with Crippen LogP contribution in [0.1, 0.15) is 38.4 Å². The average molecular weight is 432 g/mol. The molecule has 168 valence electrons. The molecule has 1 atom stereocenters. The van der Waals surface area contributed by atoms with E-state index in [4.69, 9.17) is 5.73 Å². The Balaban J connectivity index is 1.48. The third-order valence-electron chi connectivity index (χ3n) is 5.39. The lowest BCUT2D eigenvalue weighted by Crippen LogP contribution is -2.40. The van der Waals surface area contributed by atoms with Gasteiger partial charge in [0.05, 0.1) is 22.9 Å². The van der Waals surface area contributed by atoms with Gasteiger partial charge in [0.2, 0.25) is 5.91 Å². The molecule has 2 aromatic carbocycles. The lowest BCUT2D eigenvalue weighted by molar-refractivity contribution is -0.128. The van der Waals surface area contributed by atoms with Gasteiger partial charge in [-0.25, -0.2) is 4.98 Å². The Morgan fingerprint density at radius 1 is 1.03 bits per heavy atom. The Kier molecular flexibility index (Phi) is 7.95. The van der Waals surface area contributed by atoms with Crippen molar-refractivity contribution in [1.29, 1.82) is 0 Å². The third-order valence-corrected chi connectivity index (χ3v) is 5.39. The normalized spacial score (nSPS) is 12.8. The van der Waals surface area contributed by atoms with Gasteiger partial charge in [-0.1, -0.05) is 51.1 Å². The van der Waals surface area contributed by atoms with Gasteiger partial charge < -0.3 is 16.4 Å². The topological polar surface area (TPSA) is 92.9 Å². The number of nitrogens with zero attached hydrogens (tertiary/aromatic N) is 2. The first-order chi connectivity index (χ1) is 15.4. The fourth-order valence-electron chi connectivity index (χ4n) is 3.59. The minimum Gasteiger partial charge on any atom is -0.383 e. The van der Waals surface area contributed by atoms with E-state index in [2.05, 4.69) is 41.4 Å². The van der Waals surface area contributed by atoms with E-state index in [1.165, 1.54) is 0 Å². The van der Waals surface area contributed by atoms with Crippen molar-refractivity contribution in [1.82, 2.24) is 15.3 Å². The highest BCUT2D eigenvalue weighted by atomic mass is 16.1. The molecule has 1 heterocycles. The Hall–Kier alpha value is -3.25. The number of aromatic nitrogens is 2. The minimum absolute atomic E-state index is 0.0713. The Morgan fingerprint density at radius 3 is 2.44 bits per heavy atom. The number of benzene rings is 2. The SMILES string of the molecule is CC(C)(C)C(CCN)C(=O)NCCNc1ccc(/C=C/c2cnc3ccccc3n2)cc1. The molecule has 3 aromatic rings. The molecule has 32 heavy (non-hydrogen) atoms. The maximum Gasteiger partial charge on any atom is 0.223 e. The number of nitrogens with one attached hydrogen (secondary N) is 2. The monoisotopic (exact) mass is 431 g/mol. The number of hydrogen-bond donors (Lipinski definition) is 3. The van der Waals surface area contributed by atoms with Crippen LogP contribution in [0.5, 0.6) is 0 Å². The number of fused-ring (bicyclic) bond motifs is 1. The molecule has 0 aliphatic heterocycles. The summed E-state index contributed by atoms with van der Waals surface area (Å²) in [6.07, 6.45) is 6.46. The summed E-state index contributed by atoms with van der Waals surface area (Å²) in [5, 5.41) is 6.37. The lowest BCUT2D eigenvalue weighted by Gasteiger charge is -2.29. The van der Waals surface area contributed by atoms with Crippen LogP contribution in [0, 0.1) is 11.3 Å². The highest BCUT2D eigenvalue weighted by Crippen LogP contribution is 2.28. The summed E-state index contributed by atoms with van der Waals surface area (Å²) < 4.78 is 0. The summed E-state index contributed by atoms with van der Waals surface area (Å²) in [5.74, 6) is -0.00658. The van der Waals surface area contributed by atoms with Gasteiger partial charge in [0.15, 0.2) is 0 Å². The quantitative estimate of drug-likeness (QED) is 0.438. The fraction of sp³-hybridized carbons (Fsp3) is 0.346. The highest BCUT2D eigenvalue weighted by Gasteiger charge is 2.30. The molecular weight excluding hydrogens is 398 g/mol. The molecule has 0 aliphatic carbocycles. The molecule has 0 aliphatic rings. The van der Waals surface area contributed by atoms with E-state index in [-0.39, 0.29) is 17.2 Å². The molecule has 0 spiro atoms. The Morgan fingerprint density at radius 2 is 1.75 bits per heavy atom. The molecule has 4 N–H and O–H groups in total. The van der Waals surface area contributed by atoms with Crippen molar-refractivity contribution in [2.45, 2.75) is 27.2 Å². The molecule has 1 unspecified atom stereocenters. The van der Waals surface area contributed by atoms with Crippen molar-refractivity contribution in [3.8, 4) is 0 Å². The van der Waals surface area contributed by atoms with Gasteiger partial charge in [-0.3, -0.25) is 9.78 Å². The maximum atomic E-state index is 12.5.